The van der Waals surface area contributed by atoms with Crippen molar-refractivity contribution < 1.29 is 17.9 Å². The van der Waals surface area contributed by atoms with Crippen LogP contribution in [0.2, 0.25) is 0 Å². The lowest BCUT2D eigenvalue weighted by atomic mass is 9.95. The zero-order valence-corrected chi connectivity index (χ0v) is 18.6. The fraction of sp³-hybridized carbons (Fsp3) is 0.571. The van der Waals surface area contributed by atoms with Crippen LogP contribution in [0.1, 0.15) is 35.7 Å². The number of rotatable bonds is 6. The van der Waals surface area contributed by atoms with Gasteiger partial charge in [-0.3, -0.25) is 0 Å². The monoisotopic (exact) mass is 461 g/mol. The maximum absolute atomic E-state index is 14.3. The fourth-order valence-corrected chi connectivity index (χ4v) is 4.88. The maximum Gasteiger partial charge on any atom is 0.179 e. The summed E-state index contributed by atoms with van der Waals surface area (Å²) >= 11 is 5.55. The molecule has 2 aliphatic heterocycles. The molecule has 0 amide bonds. The Kier molecular flexibility index (Phi) is 7.66. The molecule has 2 aromatic rings. The zero-order chi connectivity index (χ0) is 20.5. The molecule has 0 unspecified atom stereocenters. The van der Waals surface area contributed by atoms with E-state index in [-0.39, 0.29) is 18.0 Å². The van der Waals surface area contributed by atoms with Crippen molar-refractivity contribution in [2.24, 2.45) is 13.0 Å². The number of ether oxygens (including phenoxy) is 1. The molecule has 0 radical (unpaired) electrons. The summed E-state index contributed by atoms with van der Waals surface area (Å²) in [4.78, 5) is 0. The van der Waals surface area contributed by atoms with Gasteiger partial charge < -0.3 is 19.2 Å². The molecule has 1 fully saturated rings. The van der Waals surface area contributed by atoms with Gasteiger partial charge in [0.25, 0.3) is 0 Å². The summed E-state index contributed by atoms with van der Waals surface area (Å²) in [6.45, 7) is 3.82. The van der Waals surface area contributed by atoms with Crippen LogP contribution in [-0.2, 0) is 31.2 Å². The van der Waals surface area contributed by atoms with Crippen molar-refractivity contribution >= 4 is 24.6 Å². The minimum absolute atomic E-state index is 0. The van der Waals surface area contributed by atoms with E-state index in [0.717, 1.165) is 69.1 Å². The Morgan fingerprint density at radius 3 is 2.60 bits per heavy atom. The molecule has 166 valence electrons. The van der Waals surface area contributed by atoms with Gasteiger partial charge in [-0.1, -0.05) is 0 Å². The van der Waals surface area contributed by atoms with Gasteiger partial charge in [0, 0.05) is 62.6 Å². The molecular formula is C21H27ClF3N3OS. The van der Waals surface area contributed by atoms with Gasteiger partial charge in [-0.15, -0.1) is 12.4 Å². The highest BCUT2D eigenvalue weighted by molar-refractivity contribution is 7.71. The summed E-state index contributed by atoms with van der Waals surface area (Å²) in [5, 5.41) is 3.52. The Balaban J connectivity index is 0.00000256. The molecular weight excluding hydrogens is 435 g/mol. The van der Waals surface area contributed by atoms with Crippen molar-refractivity contribution in [2.45, 2.75) is 38.1 Å². The summed E-state index contributed by atoms with van der Waals surface area (Å²) in [6, 6.07) is 1.83. The van der Waals surface area contributed by atoms with Gasteiger partial charge in [-0.2, -0.15) is 0 Å². The van der Waals surface area contributed by atoms with Crippen LogP contribution in [0.4, 0.5) is 13.2 Å². The second-order valence-corrected chi connectivity index (χ2v) is 8.38. The van der Waals surface area contributed by atoms with Crippen molar-refractivity contribution in [2.75, 3.05) is 26.3 Å². The largest absolute Gasteiger partial charge is 0.381 e. The second-order valence-electron chi connectivity index (χ2n) is 8.01. The molecule has 1 aromatic heterocycles. The van der Waals surface area contributed by atoms with E-state index in [0.29, 0.717) is 23.7 Å². The van der Waals surface area contributed by atoms with Gasteiger partial charge in [-0.05, 0) is 56.1 Å². The van der Waals surface area contributed by atoms with Crippen LogP contribution < -0.4 is 5.32 Å². The first-order valence-electron chi connectivity index (χ1n) is 10.2. The van der Waals surface area contributed by atoms with E-state index in [1.54, 1.807) is 0 Å². The maximum atomic E-state index is 14.3. The lowest BCUT2D eigenvalue weighted by Gasteiger charge is -2.22. The first-order chi connectivity index (χ1) is 14.0. The Morgan fingerprint density at radius 1 is 1.17 bits per heavy atom. The third-order valence-electron chi connectivity index (χ3n) is 6.22. The van der Waals surface area contributed by atoms with E-state index in [1.165, 1.54) is 0 Å². The quantitative estimate of drug-likeness (QED) is 0.395. The fourth-order valence-electron chi connectivity index (χ4n) is 4.58. The molecule has 1 atom stereocenters. The molecule has 0 bridgehead atoms. The van der Waals surface area contributed by atoms with Crippen LogP contribution in [0, 0.1) is 28.1 Å². The predicted molar refractivity (Wildman–Crippen MR) is 114 cm³/mol. The molecule has 0 saturated carbocycles. The number of hydrogen-bond acceptors (Lipinski definition) is 3. The SMILES string of the molecule is Cl.Cn1c(CCNCC2CCOCC2)c2n(c1=S)C[C@@H](c1c(F)ccc(F)c1F)C2. The standard InChI is InChI=1S/C21H26F3N3OS.ClH/c1-26-17(4-7-25-11-13-5-8-28-9-6-13)18-10-14(12-27(18)21(26)29)19-15(22)2-3-16(23)20(19)24;/h2-3,13-14,25H,4-12H2,1H3;1H/t14-;/m0./s1. The molecule has 30 heavy (non-hydrogen) atoms. The topological polar surface area (TPSA) is 31.1 Å². The predicted octanol–water partition coefficient (Wildman–Crippen LogP) is 4.29. The number of nitrogens with zero attached hydrogens (tertiary/aromatic N) is 2. The Bertz CT molecular complexity index is 956. The molecule has 4 nitrogen and oxygen atoms in total. The van der Waals surface area contributed by atoms with Gasteiger partial charge in [0.2, 0.25) is 0 Å². The molecule has 4 rings (SSSR count). The first-order valence-corrected chi connectivity index (χ1v) is 10.6. The minimum atomic E-state index is -1.09. The van der Waals surface area contributed by atoms with Gasteiger partial charge in [0.05, 0.1) is 0 Å². The Labute approximate surface area is 185 Å². The number of nitrogens with one attached hydrogen (secondary N) is 1. The number of imidazole rings is 1. The van der Waals surface area contributed by atoms with Crippen molar-refractivity contribution in [1.29, 1.82) is 0 Å². The van der Waals surface area contributed by atoms with Crippen molar-refractivity contribution in [1.82, 2.24) is 14.5 Å². The average Bonchev–Trinajstić information content (AvgIpc) is 3.23. The molecule has 1 N–H and O–H groups in total. The summed E-state index contributed by atoms with van der Waals surface area (Å²) in [7, 11) is 1.93. The molecule has 0 aliphatic carbocycles. The summed E-state index contributed by atoms with van der Waals surface area (Å²) in [5.74, 6) is -2.60. The Hall–Kier alpha value is -1.35. The number of hydrogen-bond donors (Lipinski definition) is 1. The lowest BCUT2D eigenvalue weighted by molar-refractivity contribution is 0.0664. The van der Waals surface area contributed by atoms with Crippen molar-refractivity contribution in [3.63, 3.8) is 0 Å². The van der Waals surface area contributed by atoms with E-state index < -0.39 is 23.4 Å². The first kappa shape index (κ1) is 23.3. The number of fused-ring (bicyclic) bond motifs is 1. The molecule has 1 aromatic carbocycles. The van der Waals surface area contributed by atoms with Crippen LogP contribution in [0.15, 0.2) is 12.1 Å². The van der Waals surface area contributed by atoms with Crippen LogP contribution in [-0.4, -0.2) is 35.4 Å². The van der Waals surface area contributed by atoms with Crippen LogP contribution in [0.25, 0.3) is 0 Å². The molecule has 1 saturated heterocycles. The normalized spacial score (nSPS) is 19.0. The van der Waals surface area contributed by atoms with E-state index >= 15 is 0 Å². The molecule has 2 aliphatic rings. The summed E-state index contributed by atoms with van der Waals surface area (Å²) < 4.78 is 52.1. The van der Waals surface area contributed by atoms with Gasteiger partial charge in [0.1, 0.15) is 5.82 Å². The van der Waals surface area contributed by atoms with Gasteiger partial charge >= 0.3 is 0 Å². The third kappa shape index (κ3) is 4.47. The number of benzene rings is 1. The molecule has 3 heterocycles. The zero-order valence-electron chi connectivity index (χ0n) is 16.9. The molecule has 9 heteroatoms. The third-order valence-corrected chi connectivity index (χ3v) is 6.72. The Morgan fingerprint density at radius 2 is 1.87 bits per heavy atom. The number of aromatic nitrogens is 2. The smallest absolute Gasteiger partial charge is 0.179 e. The van der Waals surface area contributed by atoms with E-state index in [1.807, 2.05) is 16.2 Å². The molecule has 0 spiro atoms. The number of halogens is 4. The average molecular weight is 462 g/mol. The second kappa shape index (κ2) is 9.85. The lowest BCUT2D eigenvalue weighted by Crippen LogP contribution is -2.29. The van der Waals surface area contributed by atoms with E-state index in [2.05, 4.69) is 5.32 Å². The minimum Gasteiger partial charge on any atom is -0.381 e. The van der Waals surface area contributed by atoms with Gasteiger partial charge in [0.15, 0.2) is 16.4 Å². The highest BCUT2D eigenvalue weighted by Gasteiger charge is 2.32. The van der Waals surface area contributed by atoms with Crippen molar-refractivity contribution in [3.8, 4) is 0 Å². The summed E-state index contributed by atoms with van der Waals surface area (Å²) in [5.41, 5.74) is 1.90. The van der Waals surface area contributed by atoms with Gasteiger partial charge in [-0.25, -0.2) is 13.2 Å². The highest BCUT2D eigenvalue weighted by atomic mass is 35.5. The summed E-state index contributed by atoms with van der Waals surface area (Å²) in [6.07, 6.45) is 3.42. The highest BCUT2D eigenvalue weighted by Crippen LogP contribution is 2.35. The van der Waals surface area contributed by atoms with E-state index in [4.69, 9.17) is 17.0 Å². The van der Waals surface area contributed by atoms with E-state index in [9.17, 15) is 13.2 Å². The van der Waals surface area contributed by atoms with Crippen LogP contribution in [0.5, 0.6) is 0 Å². The van der Waals surface area contributed by atoms with Crippen LogP contribution >= 0.6 is 24.6 Å². The van der Waals surface area contributed by atoms with Crippen molar-refractivity contribution in [3.05, 3.63) is 51.3 Å². The van der Waals surface area contributed by atoms with Crippen LogP contribution in [0.3, 0.4) is 0 Å².